The Kier molecular flexibility index (Phi) is 5.04. The van der Waals surface area contributed by atoms with Crippen LogP contribution < -0.4 is 5.32 Å². The molecule has 1 saturated heterocycles. The molecule has 0 radical (unpaired) electrons. The lowest BCUT2D eigenvalue weighted by Crippen LogP contribution is -2.41. The summed E-state index contributed by atoms with van der Waals surface area (Å²) in [7, 11) is 2.00. The first-order valence-electron chi connectivity index (χ1n) is 7.62. The first kappa shape index (κ1) is 13.9. The minimum absolute atomic E-state index is 0.308. The molecule has 0 spiro atoms. The van der Waals surface area contributed by atoms with Crippen molar-refractivity contribution in [1.82, 2.24) is 10.2 Å². The SMILES string of the molecule is CC1CCC(C(=O)N(C)CC2CCCNC2)CC1. The molecule has 104 valence electrons. The van der Waals surface area contributed by atoms with E-state index < -0.39 is 0 Å². The molecule has 2 fully saturated rings. The summed E-state index contributed by atoms with van der Waals surface area (Å²) in [6, 6.07) is 0. The Balaban J connectivity index is 1.77. The van der Waals surface area contributed by atoms with E-state index >= 15 is 0 Å². The number of amides is 1. The van der Waals surface area contributed by atoms with Gasteiger partial charge in [-0.2, -0.15) is 0 Å². The van der Waals surface area contributed by atoms with Crippen LogP contribution in [0.4, 0.5) is 0 Å². The van der Waals surface area contributed by atoms with Crippen molar-refractivity contribution in [3.63, 3.8) is 0 Å². The highest BCUT2D eigenvalue weighted by Crippen LogP contribution is 2.29. The van der Waals surface area contributed by atoms with Crippen LogP contribution in [0.15, 0.2) is 0 Å². The van der Waals surface area contributed by atoms with Crippen LogP contribution in [-0.4, -0.2) is 37.5 Å². The van der Waals surface area contributed by atoms with Crippen molar-refractivity contribution in [2.75, 3.05) is 26.7 Å². The quantitative estimate of drug-likeness (QED) is 0.835. The van der Waals surface area contributed by atoms with Gasteiger partial charge in [-0.1, -0.05) is 6.92 Å². The van der Waals surface area contributed by atoms with Crippen molar-refractivity contribution in [2.24, 2.45) is 17.8 Å². The van der Waals surface area contributed by atoms with Gasteiger partial charge >= 0.3 is 0 Å². The zero-order valence-corrected chi connectivity index (χ0v) is 12.0. The molecule has 1 N–H and O–H groups in total. The maximum atomic E-state index is 12.4. The highest BCUT2D eigenvalue weighted by Gasteiger charge is 2.27. The van der Waals surface area contributed by atoms with Gasteiger partial charge in [0, 0.05) is 19.5 Å². The van der Waals surface area contributed by atoms with Crippen LogP contribution in [-0.2, 0) is 4.79 Å². The molecule has 0 aromatic carbocycles. The zero-order chi connectivity index (χ0) is 13.0. The van der Waals surface area contributed by atoms with E-state index in [-0.39, 0.29) is 0 Å². The second-order valence-electron chi connectivity index (χ2n) is 6.39. The number of rotatable bonds is 3. The normalized spacial score (nSPS) is 33.1. The Hall–Kier alpha value is -0.570. The molecule has 1 heterocycles. The minimum Gasteiger partial charge on any atom is -0.345 e. The molecule has 2 rings (SSSR count). The summed E-state index contributed by atoms with van der Waals surface area (Å²) >= 11 is 0. The third-order valence-corrected chi connectivity index (χ3v) is 4.67. The van der Waals surface area contributed by atoms with Gasteiger partial charge in [0.2, 0.25) is 5.91 Å². The van der Waals surface area contributed by atoms with E-state index in [1.165, 1.54) is 25.7 Å². The lowest BCUT2D eigenvalue weighted by atomic mass is 9.82. The lowest BCUT2D eigenvalue weighted by molar-refractivity contribution is -0.136. The van der Waals surface area contributed by atoms with E-state index in [0.29, 0.717) is 17.7 Å². The molecule has 0 aromatic rings. The van der Waals surface area contributed by atoms with Gasteiger partial charge in [-0.05, 0) is 63.5 Å². The van der Waals surface area contributed by atoms with Crippen LogP contribution in [0, 0.1) is 17.8 Å². The molecule has 2 aliphatic rings. The topological polar surface area (TPSA) is 32.3 Å². The van der Waals surface area contributed by atoms with E-state index in [1.807, 2.05) is 11.9 Å². The van der Waals surface area contributed by atoms with Gasteiger partial charge in [-0.3, -0.25) is 4.79 Å². The number of nitrogens with one attached hydrogen (secondary N) is 1. The number of carbonyl (C=O) groups excluding carboxylic acids is 1. The molecule has 0 bridgehead atoms. The molecular formula is C15H28N2O. The first-order chi connectivity index (χ1) is 8.66. The van der Waals surface area contributed by atoms with E-state index in [1.54, 1.807) is 0 Å². The van der Waals surface area contributed by atoms with E-state index in [0.717, 1.165) is 38.4 Å². The lowest BCUT2D eigenvalue weighted by Gasteiger charge is -2.32. The molecule has 1 amide bonds. The van der Waals surface area contributed by atoms with Gasteiger partial charge in [0.15, 0.2) is 0 Å². The largest absolute Gasteiger partial charge is 0.345 e. The van der Waals surface area contributed by atoms with Crippen molar-refractivity contribution >= 4 is 5.91 Å². The summed E-state index contributed by atoms with van der Waals surface area (Å²) < 4.78 is 0. The number of carbonyl (C=O) groups is 1. The maximum absolute atomic E-state index is 12.4. The fraction of sp³-hybridized carbons (Fsp3) is 0.933. The predicted molar refractivity (Wildman–Crippen MR) is 74.4 cm³/mol. The van der Waals surface area contributed by atoms with E-state index in [4.69, 9.17) is 0 Å². The zero-order valence-electron chi connectivity index (χ0n) is 12.0. The summed E-state index contributed by atoms with van der Waals surface area (Å²) in [6.07, 6.45) is 7.20. The molecule has 3 nitrogen and oxygen atoms in total. The van der Waals surface area contributed by atoms with Crippen molar-refractivity contribution in [2.45, 2.75) is 45.4 Å². The highest BCUT2D eigenvalue weighted by atomic mass is 16.2. The number of nitrogens with zero attached hydrogens (tertiary/aromatic N) is 1. The standard InChI is InChI=1S/C15H28N2O/c1-12-5-7-14(8-6-12)15(18)17(2)11-13-4-3-9-16-10-13/h12-14,16H,3-11H2,1-2H3. The molecule has 0 aromatic heterocycles. The Morgan fingerprint density at radius 3 is 2.56 bits per heavy atom. The van der Waals surface area contributed by atoms with Crippen LogP contribution in [0.2, 0.25) is 0 Å². The predicted octanol–water partition coefficient (Wildman–Crippen LogP) is 2.27. The molecule has 1 atom stereocenters. The Morgan fingerprint density at radius 1 is 1.22 bits per heavy atom. The van der Waals surface area contributed by atoms with Gasteiger partial charge in [0.25, 0.3) is 0 Å². The van der Waals surface area contributed by atoms with Crippen LogP contribution in [0.5, 0.6) is 0 Å². The number of hydrogen-bond donors (Lipinski definition) is 1. The van der Waals surface area contributed by atoms with Crippen LogP contribution >= 0.6 is 0 Å². The fourth-order valence-electron chi connectivity index (χ4n) is 3.38. The van der Waals surface area contributed by atoms with Crippen LogP contribution in [0.3, 0.4) is 0 Å². The van der Waals surface area contributed by atoms with Crippen molar-refractivity contribution < 1.29 is 4.79 Å². The van der Waals surface area contributed by atoms with Gasteiger partial charge in [-0.25, -0.2) is 0 Å². The van der Waals surface area contributed by atoms with Gasteiger partial charge in [0.1, 0.15) is 0 Å². The monoisotopic (exact) mass is 252 g/mol. The molecule has 3 heteroatoms. The summed E-state index contributed by atoms with van der Waals surface area (Å²) in [6.45, 7) is 5.48. The highest BCUT2D eigenvalue weighted by molar-refractivity contribution is 5.78. The summed E-state index contributed by atoms with van der Waals surface area (Å²) in [5.74, 6) is 2.19. The smallest absolute Gasteiger partial charge is 0.225 e. The van der Waals surface area contributed by atoms with Crippen molar-refractivity contribution in [3.8, 4) is 0 Å². The number of piperidine rings is 1. The maximum Gasteiger partial charge on any atom is 0.225 e. The minimum atomic E-state index is 0.308. The van der Waals surface area contributed by atoms with Gasteiger partial charge in [-0.15, -0.1) is 0 Å². The summed E-state index contributed by atoms with van der Waals surface area (Å²) in [5.41, 5.74) is 0. The van der Waals surface area contributed by atoms with Crippen LogP contribution in [0.25, 0.3) is 0 Å². The van der Waals surface area contributed by atoms with Crippen LogP contribution in [0.1, 0.15) is 45.4 Å². The average molecular weight is 252 g/mol. The molecule has 1 saturated carbocycles. The summed E-state index contributed by atoms with van der Waals surface area (Å²) in [4.78, 5) is 14.4. The van der Waals surface area contributed by atoms with E-state index in [9.17, 15) is 4.79 Å². The summed E-state index contributed by atoms with van der Waals surface area (Å²) in [5, 5.41) is 3.43. The molecule has 18 heavy (non-hydrogen) atoms. The van der Waals surface area contributed by atoms with Gasteiger partial charge in [0.05, 0.1) is 0 Å². The Bertz CT molecular complexity index is 266. The molecule has 1 aliphatic carbocycles. The Labute approximate surface area is 111 Å². The van der Waals surface area contributed by atoms with E-state index in [2.05, 4.69) is 12.2 Å². The Morgan fingerprint density at radius 2 is 1.94 bits per heavy atom. The number of hydrogen-bond acceptors (Lipinski definition) is 2. The van der Waals surface area contributed by atoms with Gasteiger partial charge < -0.3 is 10.2 Å². The first-order valence-corrected chi connectivity index (χ1v) is 7.62. The molecule has 1 unspecified atom stereocenters. The second kappa shape index (κ2) is 6.55. The average Bonchev–Trinajstić information content (AvgIpc) is 2.40. The fourth-order valence-corrected chi connectivity index (χ4v) is 3.38. The molecular weight excluding hydrogens is 224 g/mol. The van der Waals surface area contributed by atoms with Crippen molar-refractivity contribution in [1.29, 1.82) is 0 Å². The third-order valence-electron chi connectivity index (χ3n) is 4.67. The third kappa shape index (κ3) is 3.71. The second-order valence-corrected chi connectivity index (χ2v) is 6.39. The molecule has 1 aliphatic heterocycles. The van der Waals surface area contributed by atoms with Crippen molar-refractivity contribution in [3.05, 3.63) is 0 Å².